The fraction of sp³-hybridized carbons (Fsp3) is 0.120. The Balaban J connectivity index is 1.44. The summed E-state index contributed by atoms with van der Waals surface area (Å²) >= 11 is 0.748. The van der Waals surface area contributed by atoms with Crippen LogP contribution in [0.3, 0.4) is 0 Å². The molecule has 9 heteroatoms. The molecule has 2 aromatic carbocycles. The van der Waals surface area contributed by atoms with Crippen LogP contribution in [-0.4, -0.2) is 41.6 Å². The van der Waals surface area contributed by atoms with Gasteiger partial charge in [0.15, 0.2) is 0 Å². The molecule has 2 heterocycles. The van der Waals surface area contributed by atoms with Gasteiger partial charge in [-0.15, -0.1) is 0 Å². The first-order valence-electron chi connectivity index (χ1n) is 10.2. The maximum absolute atomic E-state index is 12.7. The number of carbonyl (C=O) groups excluding carboxylic acids is 4. The Labute approximate surface area is 199 Å². The summed E-state index contributed by atoms with van der Waals surface area (Å²) in [5.41, 5.74) is 2.64. The van der Waals surface area contributed by atoms with E-state index < -0.39 is 23.0 Å². The van der Waals surface area contributed by atoms with Gasteiger partial charge in [-0.1, -0.05) is 30.3 Å². The number of ether oxygens (including phenoxy) is 1. The molecule has 1 aliphatic rings. The lowest BCUT2D eigenvalue weighted by molar-refractivity contribution is -0.127. The van der Waals surface area contributed by atoms with Crippen molar-refractivity contribution in [2.24, 2.45) is 0 Å². The van der Waals surface area contributed by atoms with E-state index in [0.29, 0.717) is 22.8 Å². The topological polar surface area (TPSA) is 106 Å². The number of nitrogens with zero attached hydrogens (tertiary/aromatic N) is 1. The Morgan fingerprint density at radius 3 is 2.50 bits per heavy atom. The van der Waals surface area contributed by atoms with Crippen molar-refractivity contribution in [3.63, 3.8) is 0 Å². The summed E-state index contributed by atoms with van der Waals surface area (Å²) in [5, 5.41) is 2.19. The maximum Gasteiger partial charge on any atom is 0.337 e. The summed E-state index contributed by atoms with van der Waals surface area (Å²) < 4.78 is 10.5. The van der Waals surface area contributed by atoms with Gasteiger partial charge in [0.05, 0.1) is 17.6 Å². The van der Waals surface area contributed by atoms with Crippen molar-refractivity contribution in [1.82, 2.24) is 4.90 Å². The van der Waals surface area contributed by atoms with E-state index in [-0.39, 0.29) is 11.4 Å². The molecule has 4 rings (SSSR count). The third-order valence-electron chi connectivity index (χ3n) is 5.09. The van der Waals surface area contributed by atoms with E-state index >= 15 is 0 Å². The first kappa shape index (κ1) is 23.1. The number of aryl methyl sites for hydroxylation is 1. The summed E-state index contributed by atoms with van der Waals surface area (Å²) in [4.78, 5) is 50.1. The van der Waals surface area contributed by atoms with Gasteiger partial charge >= 0.3 is 5.97 Å². The lowest BCUT2D eigenvalue weighted by Gasteiger charge is -2.13. The number of hydrogen-bond donors (Lipinski definition) is 1. The highest BCUT2D eigenvalue weighted by Crippen LogP contribution is 2.33. The average molecular weight is 477 g/mol. The average Bonchev–Trinajstić information content (AvgIpc) is 3.40. The number of carbonyl (C=O) groups is 4. The van der Waals surface area contributed by atoms with Crippen molar-refractivity contribution in [1.29, 1.82) is 0 Å². The molecule has 0 spiro atoms. The predicted octanol–water partition coefficient (Wildman–Crippen LogP) is 4.72. The number of imide groups is 1. The van der Waals surface area contributed by atoms with Crippen LogP contribution >= 0.6 is 11.8 Å². The minimum Gasteiger partial charge on any atom is -0.465 e. The van der Waals surface area contributed by atoms with E-state index in [0.717, 1.165) is 27.8 Å². The molecular weight excluding hydrogens is 456 g/mol. The molecule has 0 unspecified atom stereocenters. The molecule has 8 nitrogen and oxygen atoms in total. The van der Waals surface area contributed by atoms with E-state index in [1.165, 1.54) is 13.2 Å². The second kappa shape index (κ2) is 9.80. The molecule has 0 bridgehead atoms. The Morgan fingerprint density at radius 1 is 1.06 bits per heavy atom. The highest BCUT2D eigenvalue weighted by atomic mass is 32.2. The molecule has 3 amide bonds. The summed E-state index contributed by atoms with van der Waals surface area (Å²) in [7, 11) is 1.31. The van der Waals surface area contributed by atoms with Crippen molar-refractivity contribution in [3.05, 3.63) is 82.5 Å². The van der Waals surface area contributed by atoms with Gasteiger partial charge in [-0.25, -0.2) is 4.79 Å². The minimum absolute atomic E-state index is 0.163. The number of rotatable bonds is 6. The second-order valence-electron chi connectivity index (χ2n) is 7.40. The maximum atomic E-state index is 12.7. The number of hydrogen-bond acceptors (Lipinski definition) is 7. The first-order valence-corrected chi connectivity index (χ1v) is 11.1. The number of nitrogens with one attached hydrogen (secondary N) is 1. The molecule has 1 aromatic heterocycles. The van der Waals surface area contributed by atoms with Crippen LogP contribution in [0.15, 0.2) is 70.0 Å². The Hall–Kier alpha value is -4.11. The van der Waals surface area contributed by atoms with Crippen molar-refractivity contribution in [2.75, 3.05) is 19.0 Å². The van der Waals surface area contributed by atoms with E-state index in [2.05, 4.69) is 10.1 Å². The van der Waals surface area contributed by atoms with Crippen molar-refractivity contribution in [2.45, 2.75) is 6.92 Å². The van der Waals surface area contributed by atoms with Crippen LogP contribution in [-0.2, 0) is 14.3 Å². The molecule has 3 aromatic rings. The molecule has 1 fully saturated rings. The zero-order valence-corrected chi connectivity index (χ0v) is 19.2. The first-order chi connectivity index (χ1) is 16.4. The van der Waals surface area contributed by atoms with Gasteiger partial charge < -0.3 is 14.5 Å². The van der Waals surface area contributed by atoms with Gasteiger partial charge in [0.25, 0.3) is 11.1 Å². The molecule has 34 heavy (non-hydrogen) atoms. The molecular formula is C25H20N2O6S. The Bertz CT molecular complexity index is 1310. The van der Waals surface area contributed by atoms with Gasteiger partial charge in [0.2, 0.25) is 5.91 Å². The van der Waals surface area contributed by atoms with Gasteiger partial charge in [0.1, 0.15) is 18.1 Å². The number of esters is 1. The van der Waals surface area contributed by atoms with Gasteiger partial charge in [-0.05, 0) is 54.6 Å². The van der Waals surface area contributed by atoms with Crippen molar-refractivity contribution < 1.29 is 28.3 Å². The van der Waals surface area contributed by atoms with Crippen molar-refractivity contribution >= 4 is 46.5 Å². The zero-order chi connectivity index (χ0) is 24.2. The van der Waals surface area contributed by atoms with Gasteiger partial charge in [-0.3, -0.25) is 19.3 Å². The Morgan fingerprint density at radius 2 is 1.79 bits per heavy atom. The fourth-order valence-corrected chi connectivity index (χ4v) is 4.10. The molecule has 1 saturated heterocycles. The van der Waals surface area contributed by atoms with Crippen LogP contribution in [0.1, 0.15) is 21.7 Å². The Kier molecular flexibility index (Phi) is 6.65. The molecule has 1 aliphatic heterocycles. The predicted molar refractivity (Wildman–Crippen MR) is 128 cm³/mol. The van der Waals surface area contributed by atoms with Crippen LogP contribution < -0.4 is 5.32 Å². The van der Waals surface area contributed by atoms with Crippen LogP contribution in [0.5, 0.6) is 0 Å². The number of methoxy groups -OCH3 is 1. The van der Waals surface area contributed by atoms with Crippen LogP contribution in [0.4, 0.5) is 10.5 Å². The van der Waals surface area contributed by atoms with E-state index in [1.807, 2.05) is 19.1 Å². The molecule has 172 valence electrons. The molecule has 0 atom stereocenters. The number of thioether (sulfide) groups is 1. The highest BCUT2D eigenvalue weighted by Gasteiger charge is 2.36. The van der Waals surface area contributed by atoms with Crippen molar-refractivity contribution in [3.8, 4) is 11.3 Å². The van der Waals surface area contributed by atoms with Crippen LogP contribution in [0.2, 0.25) is 0 Å². The molecule has 0 radical (unpaired) electrons. The zero-order valence-electron chi connectivity index (χ0n) is 18.4. The minimum atomic E-state index is -0.560. The lowest BCUT2D eigenvalue weighted by Crippen LogP contribution is -2.36. The van der Waals surface area contributed by atoms with E-state index in [1.54, 1.807) is 48.5 Å². The van der Waals surface area contributed by atoms with Crippen LogP contribution in [0, 0.1) is 6.92 Å². The van der Waals surface area contributed by atoms with E-state index in [4.69, 9.17) is 4.42 Å². The molecule has 1 N–H and O–H groups in total. The normalized spacial score (nSPS) is 14.5. The molecule has 0 saturated carbocycles. The third kappa shape index (κ3) is 4.94. The number of furan rings is 1. The summed E-state index contributed by atoms with van der Waals surface area (Å²) in [6, 6.07) is 17.3. The largest absolute Gasteiger partial charge is 0.465 e. The number of amides is 3. The summed E-state index contributed by atoms with van der Waals surface area (Å²) in [6.07, 6.45) is 1.47. The van der Waals surface area contributed by atoms with Crippen LogP contribution in [0.25, 0.3) is 17.4 Å². The second-order valence-corrected chi connectivity index (χ2v) is 8.40. The van der Waals surface area contributed by atoms with Gasteiger partial charge in [-0.2, -0.15) is 0 Å². The fourth-order valence-electron chi connectivity index (χ4n) is 3.29. The monoisotopic (exact) mass is 476 g/mol. The van der Waals surface area contributed by atoms with Gasteiger partial charge in [0, 0.05) is 17.3 Å². The lowest BCUT2D eigenvalue weighted by atomic mass is 10.1. The number of para-hydroxylation sites is 1. The smallest absolute Gasteiger partial charge is 0.337 e. The third-order valence-corrected chi connectivity index (χ3v) is 5.99. The SMILES string of the molecule is COC(=O)c1ccc(-c2ccc(/C=C3/SC(=O)N(CC(=O)Nc4ccccc4C)C3=O)o2)cc1. The van der Waals surface area contributed by atoms with E-state index in [9.17, 15) is 19.2 Å². The summed E-state index contributed by atoms with van der Waals surface area (Å²) in [6.45, 7) is 1.47. The number of benzene rings is 2. The summed E-state index contributed by atoms with van der Waals surface area (Å²) in [5.74, 6) is -0.555. The quantitative estimate of drug-likeness (QED) is 0.405. The standard InChI is InChI=1S/C25H20N2O6S/c1-15-5-3-4-6-19(15)26-22(28)14-27-23(29)21(34-25(27)31)13-18-11-12-20(33-18)16-7-9-17(10-8-16)24(30)32-2/h3-13H,14H2,1-2H3,(H,26,28)/b21-13+. The highest BCUT2D eigenvalue weighted by molar-refractivity contribution is 8.18. The molecule has 0 aliphatic carbocycles. The number of anilines is 1.